The van der Waals surface area contributed by atoms with Crippen molar-refractivity contribution in [3.8, 4) is 0 Å². The van der Waals surface area contributed by atoms with Crippen LogP contribution < -0.4 is 5.32 Å². The molecule has 5 rings (SSSR count). The number of amides is 2. The van der Waals surface area contributed by atoms with Crippen LogP contribution in [0.3, 0.4) is 0 Å². The summed E-state index contributed by atoms with van der Waals surface area (Å²) in [6, 6.07) is 22.8. The topological polar surface area (TPSA) is 52.7 Å². The van der Waals surface area contributed by atoms with Crippen LogP contribution in [0.4, 0.5) is 5.69 Å². The molecule has 5 nitrogen and oxygen atoms in total. The Hall–Kier alpha value is -3.70. The first-order valence-corrected chi connectivity index (χ1v) is 10.9. The number of anilines is 1. The molecule has 0 spiro atoms. The SMILES string of the molecule is CN1CCN(C(=O)/C=C/C(=O)Nc2ccc3c(ccc4c5ccccc5ccc34)c2)CC1. The molecule has 160 valence electrons. The van der Waals surface area contributed by atoms with Gasteiger partial charge in [-0.3, -0.25) is 9.59 Å². The smallest absolute Gasteiger partial charge is 0.248 e. The van der Waals surface area contributed by atoms with Crippen LogP contribution in [0.1, 0.15) is 0 Å². The van der Waals surface area contributed by atoms with Gasteiger partial charge in [-0.15, -0.1) is 0 Å². The average molecular weight is 424 g/mol. The molecule has 0 radical (unpaired) electrons. The third-order valence-electron chi connectivity index (χ3n) is 6.20. The largest absolute Gasteiger partial charge is 0.337 e. The molecule has 1 N–H and O–H groups in total. The lowest BCUT2D eigenvalue weighted by Gasteiger charge is -2.31. The van der Waals surface area contributed by atoms with Crippen molar-refractivity contribution in [2.45, 2.75) is 0 Å². The maximum atomic E-state index is 12.4. The third-order valence-corrected chi connectivity index (χ3v) is 6.20. The van der Waals surface area contributed by atoms with Crippen LogP contribution in [0.5, 0.6) is 0 Å². The van der Waals surface area contributed by atoms with Crippen molar-refractivity contribution in [2.24, 2.45) is 0 Å². The van der Waals surface area contributed by atoms with Crippen LogP contribution in [0.2, 0.25) is 0 Å². The number of benzene rings is 4. The predicted octanol–water partition coefficient (Wildman–Crippen LogP) is 4.41. The maximum Gasteiger partial charge on any atom is 0.248 e. The van der Waals surface area contributed by atoms with Gasteiger partial charge in [0.15, 0.2) is 0 Å². The van der Waals surface area contributed by atoms with Crippen molar-refractivity contribution in [1.29, 1.82) is 0 Å². The Morgan fingerprint density at radius 2 is 1.41 bits per heavy atom. The second kappa shape index (κ2) is 8.44. The Balaban J connectivity index is 1.34. The van der Waals surface area contributed by atoms with Gasteiger partial charge in [0, 0.05) is 44.0 Å². The van der Waals surface area contributed by atoms with E-state index in [1.165, 1.54) is 33.7 Å². The summed E-state index contributed by atoms with van der Waals surface area (Å²) in [6.45, 7) is 3.09. The number of fused-ring (bicyclic) bond motifs is 5. The first-order valence-electron chi connectivity index (χ1n) is 10.9. The van der Waals surface area contributed by atoms with E-state index in [4.69, 9.17) is 0 Å². The number of carbonyl (C=O) groups is 2. The number of likely N-dealkylation sites (N-methyl/N-ethyl adjacent to an activating group) is 1. The van der Waals surface area contributed by atoms with E-state index < -0.39 is 0 Å². The molecule has 1 fully saturated rings. The van der Waals surface area contributed by atoms with Crippen LogP contribution >= 0.6 is 0 Å². The van der Waals surface area contributed by atoms with Gasteiger partial charge in [-0.25, -0.2) is 0 Å². The molecular weight excluding hydrogens is 398 g/mol. The molecule has 0 saturated carbocycles. The van der Waals surface area contributed by atoms with Crippen LogP contribution in [0, 0.1) is 0 Å². The lowest BCUT2D eigenvalue weighted by atomic mass is 9.97. The minimum Gasteiger partial charge on any atom is -0.337 e. The second-order valence-corrected chi connectivity index (χ2v) is 8.33. The highest BCUT2D eigenvalue weighted by molar-refractivity contribution is 6.17. The lowest BCUT2D eigenvalue weighted by Crippen LogP contribution is -2.46. The maximum absolute atomic E-state index is 12.4. The fourth-order valence-corrected chi connectivity index (χ4v) is 4.37. The molecular formula is C27H25N3O2. The molecule has 32 heavy (non-hydrogen) atoms. The fraction of sp³-hybridized carbons (Fsp3) is 0.185. The van der Waals surface area contributed by atoms with E-state index in [2.05, 4.69) is 58.7 Å². The fourth-order valence-electron chi connectivity index (χ4n) is 4.37. The molecule has 4 aromatic rings. The highest BCUT2D eigenvalue weighted by atomic mass is 16.2. The summed E-state index contributed by atoms with van der Waals surface area (Å²) in [6.07, 6.45) is 2.68. The van der Waals surface area contributed by atoms with Gasteiger partial charge < -0.3 is 15.1 Å². The molecule has 1 aliphatic rings. The minimum absolute atomic E-state index is 0.120. The highest BCUT2D eigenvalue weighted by Gasteiger charge is 2.17. The van der Waals surface area contributed by atoms with Gasteiger partial charge in [0.1, 0.15) is 0 Å². The average Bonchev–Trinajstić information content (AvgIpc) is 2.82. The van der Waals surface area contributed by atoms with E-state index in [-0.39, 0.29) is 11.8 Å². The lowest BCUT2D eigenvalue weighted by molar-refractivity contribution is -0.127. The van der Waals surface area contributed by atoms with Crippen molar-refractivity contribution in [3.63, 3.8) is 0 Å². The second-order valence-electron chi connectivity index (χ2n) is 8.33. The standard InChI is InChI=1S/C27H25N3O2/c1-29-14-16-30(17-15-29)27(32)13-12-26(31)28-21-8-11-23-20(18-21)7-10-24-22-5-3-2-4-19(22)6-9-25(23)24/h2-13,18H,14-17H2,1H3,(H,28,31)/b13-12+. The highest BCUT2D eigenvalue weighted by Crippen LogP contribution is 2.32. The summed E-state index contributed by atoms with van der Waals surface area (Å²) < 4.78 is 0. The molecule has 4 aromatic carbocycles. The third kappa shape index (κ3) is 3.95. The summed E-state index contributed by atoms with van der Waals surface area (Å²) in [4.78, 5) is 28.6. The molecule has 2 amide bonds. The quantitative estimate of drug-likeness (QED) is 0.392. The predicted molar refractivity (Wildman–Crippen MR) is 131 cm³/mol. The van der Waals surface area contributed by atoms with E-state index in [1.54, 1.807) is 4.90 Å². The number of nitrogens with zero attached hydrogens (tertiary/aromatic N) is 2. The summed E-state index contributed by atoms with van der Waals surface area (Å²) >= 11 is 0. The Bertz CT molecular complexity index is 1370. The van der Waals surface area contributed by atoms with Crippen molar-refractivity contribution in [3.05, 3.63) is 78.9 Å². The first kappa shape index (κ1) is 20.2. The monoisotopic (exact) mass is 423 g/mol. The molecule has 0 aliphatic carbocycles. The molecule has 1 saturated heterocycles. The van der Waals surface area contributed by atoms with Crippen LogP contribution in [-0.2, 0) is 9.59 Å². The van der Waals surface area contributed by atoms with E-state index >= 15 is 0 Å². The Labute approximate surface area is 186 Å². The number of nitrogens with one attached hydrogen (secondary N) is 1. The van der Waals surface area contributed by atoms with E-state index in [1.807, 2.05) is 25.2 Å². The number of hydrogen-bond acceptors (Lipinski definition) is 3. The zero-order chi connectivity index (χ0) is 22.1. The summed E-state index contributed by atoms with van der Waals surface area (Å²) in [5, 5.41) is 9.95. The summed E-state index contributed by atoms with van der Waals surface area (Å²) in [7, 11) is 2.04. The van der Waals surface area contributed by atoms with Crippen LogP contribution in [0.15, 0.2) is 78.9 Å². The van der Waals surface area contributed by atoms with Gasteiger partial charge in [0.2, 0.25) is 11.8 Å². The van der Waals surface area contributed by atoms with E-state index in [0.29, 0.717) is 18.8 Å². The molecule has 0 aromatic heterocycles. The van der Waals surface area contributed by atoms with Crippen LogP contribution in [0.25, 0.3) is 32.3 Å². The number of carbonyl (C=O) groups excluding carboxylic acids is 2. The zero-order valence-corrected chi connectivity index (χ0v) is 18.0. The van der Waals surface area contributed by atoms with Gasteiger partial charge >= 0.3 is 0 Å². The van der Waals surface area contributed by atoms with Gasteiger partial charge in [-0.1, -0.05) is 54.6 Å². The molecule has 0 atom stereocenters. The Kier molecular flexibility index (Phi) is 5.33. The Morgan fingerprint density at radius 3 is 2.19 bits per heavy atom. The van der Waals surface area contributed by atoms with Crippen LogP contribution in [-0.4, -0.2) is 54.8 Å². The van der Waals surface area contributed by atoms with E-state index in [0.717, 1.165) is 23.9 Å². The number of rotatable bonds is 3. The van der Waals surface area contributed by atoms with Crippen molar-refractivity contribution < 1.29 is 9.59 Å². The van der Waals surface area contributed by atoms with Gasteiger partial charge in [-0.2, -0.15) is 0 Å². The summed E-state index contributed by atoms with van der Waals surface area (Å²) in [5.41, 5.74) is 0.708. The van der Waals surface area contributed by atoms with E-state index in [9.17, 15) is 9.59 Å². The molecule has 5 heteroatoms. The summed E-state index contributed by atoms with van der Waals surface area (Å²) in [5.74, 6) is -0.427. The minimum atomic E-state index is -0.307. The number of piperazine rings is 1. The molecule has 1 aliphatic heterocycles. The molecule has 1 heterocycles. The van der Waals surface area contributed by atoms with Gasteiger partial charge in [0.25, 0.3) is 0 Å². The Morgan fingerprint density at radius 1 is 0.750 bits per heavy atom. The zero-order valence-electron chi connectivity index (χ0n) is 18.0. The molecule has 0 bridgehead atoms. The van der Waals surface area contributed by atoms with Gasteiger partial charge in [-0.05, 0) is 51.5 Å². The van der Waals surface area contributed by atoms with Crippen molar-refractivity contribution in [1.82, 2.24) is 9.80 Å². The molecule has 0 unspecified atom stereocenters. The van der Waals surface area contributed by atoms with Gasteiger partial charge in [0.05, 0.1) is 0 Å². The normalized spacial score (nSPS) is 15.1. The number of hydrogen-bond donors (Lipinski definition) is 1. The van der Waals surface area contributed by atoms with Crippen molar-refractivity contribution >= 4 is 49.8 Å². The first-order chi connectivity index (χ1) is 15.6. The van der Waals surface area contributed by atoms with Crippen molar-refractivity contribution in [2.75, 3.05) is 38.5 Å².